The van der Waals surface area contributed by atoms with E-state index >= 15 is 0 Å². The first-order valence-corrected chi connectivity index (χ1v) is 5.96. The van der Waals surface area contributed by atoms with Crippen LogP contribution in [0.15, 0.2) is 18.5 Å². The molecule has 0 radical (unpaired) electrons. The lowest BCUT2D eigenvalue weighted by molar-refractivity contribution is -0.142. The molecule has 96 valence electrons. The number of rotatable bonds is 2. The summed E-state index contributed by atoms with van der Waals surface area (Å²) in [5, 5.41) is 9.19. The van der Waals surface area contributed by atoms with Gasteiger partial charge in [0.15, 0.2) is 0 Å². The van der Waals surface area contributed by atoms with E-state index in [1.165, 1.54) is 11.1 Å². The van der Waals surface area contributed by atoms with Gasteiger partial charge in [-0.2, -0.15) is 0 Å². The molecule has 18 heavy (non-hydrogen) atoms. The molecule has 5 nitrogen and oxygen atoms in total. The monoisotopic (exact) mass is 248 g/mol. The molecule has 0 saturated carbocycles. The van der Waals surface area contributed by atoms with Crippen LogP contribution in [-0.2, 0) is 4.79 Å². The van der Waals surface area contributed by atoms with E-state index in [1.54, 1.807) is 12.3 Å². The Morgan fingerprint density at radius 2 is 2.17 bits per heavy atom. The van der Waals surface area contributed by atoms with E-state index in [9.17, 15) is 14.7 Å². The quantitative estimate of drug-likeness (QED) is 0.857. The maximum atomic E-state index is 12.3. The first-order chi connectivity index (χ1) is 8.50. The van der Waals surface area contributed by atoms with Crippen LogP contribution in [0.25, 0.3) is 0 Å². The van der Waals surface area contributed by atoms with Gasteiger partial charge in [-0.3, -0.25) is 9.78 Å². The molecule has 1 aliphatic heterocycles. The Balaban J connectivity index is 2.26. The zero-order valence-corrected chi connectivity index (χ0v) is 10.5. The summed E-state index contributed by atoms with van der Waals surface area (Å²) >= 11 is 0. The zero-order valence-electron chi connectivity index (χ0n) is 10.5. The van der Waals surface area contributed by atoms with Crippen molar-refractivity contribution in [3.05, 3.63) is 29.6 Å². The summed E-state index contributed by atoms with van der Waals surface area (Å²) in [5.74, 6) is -1.19. The van der Waals surface area contributed by atoms with Crippen molar-refractivity contribution in [2.75, 3.05) is 6.54 Å². The molecule has 1 saturated heterocycles. The second kappa shape index (κ2) is 4.76. The van der Waals surface area contributed by atoms with E-state index in [2.05, 4.69) is 4.98 Å². The van der Waals surface area contributed by atoms with Gasteiger partial charge >= 0.3 is 5.97 Å². The molecule has 1 aromatic heterocycles. The van der Waals surface area contributed by atoms with Crippen LogP contribution in [0.2, 0.25) is 0 Å². The molecule has 1 aromatic rings. The number of hydrogen-bond acceptors (Lipinski definition) is 3. The van der Waals surface area contributed by atoms with Crippen molar-refractivity contribution in [2.24, 2.45) is 5.92 Å². The average molecular weight is 248 g/mol. The summed E-state index contributed by atoms with van der Waals surface area (Å²) in [6, 6.07) is 1.01. The zero-order chi connectivity index (χ0) is 13.3. The van der Waals surface area contributed by atoms with Crippen molar-refractivity contribution in [1.82, 2.24) is 9.88 Å². The Bertz CT molecular complexity index is 487. The molecular weight excluding hydrogens is 232 g/mol. The maximum absolute atomic E-state index is 12.3. The van der Waals surface area contributed by atoms with Crippen molar-refractivity contribution in [2.45, 2.75) is 26.3 Å². The smallest absolute Gasteiger partial charge is 0.326 e. The van der Waals surface area contributed by atoms with Crippen molar-refractivity contribution in [3.8, 4) is 0 Å². The lowest BCUT2D eigenvalue weighted by Gasteiger charge is -2.23. The minimum absolute atomic E-state index is 0.00998. The van der Waals surface area contributed by atoms with Crippen LogP contribution in [0.3, 0.4) is 0 Å². The van der Waals surface area contributed by atoms with Crippen LogP contribution in [0.5, 0.6) is 0 Å². The number of aliphatic carboxylic acids is 1. The van der Waals surface area contributed by atoms with Gasteiger partial charge in [-0.25, -0.2) is 4.79 Å². The number of aromatic nitrogens is 1. The fraction of sp³-hybridized carbons (Fsp3) is 0.462. The molecule has 0 spiro atoms. The van der Waals surface area contributed by atoms with Gasteiger partial charge in [0.05, 0.1) is 5.56 Å². The van der Waals surface area contributed by atoms with E-state index in [0.29, 0.717) is 12.1 Å². The van der Waals surface area contributed by atoms with Crippen LogP contribution in [0.1, 0.15) is 29.3 Å². The number of carbonyl (C=O) groups is 2. The third-order valence-electron chi connectivity index (χ3n) is 3.34. The van der Waals surface area contributed by atoms with Gasteiger partial charge in [0.25, 0.3) is 5.91 Å². The summed E-state index contributed by atoms with van der Waals surface area (Å²) in [6.45, 7) is 4.20. The molecule has 1 N–H and O–H groups in total. The van der Waals surface area contributed by atoms with Crippen molar-refractivity contribution >= 4 is 11.9 Å². The van der Waals surface area contributed by atoms with Crippen LogP contribution in [-0.4, -0.2) is 39.5 Å². The van der Waals surface area contributed by atoms with E-state index in [4.69, 9.17) is 0 Å². The SMILES string of the molecule is Cc1cncc(C(=O)N2CCC(C)C2C(=O)O)c1. The first-order valence-electron chi connectivity index (χ1n) is 5.96. The number of aryl methyl sites for hydroxylation is 1. The standard InChI is InChI=1S/C13H16N2O3/c1-8-5-10(7-14-6-8)12(16)15-4-3-9(2)11(15)13(17)18/h5-7,9,11H,3-4H2,1-2H3,(H,17,18). The second-order valence-electron chi connectivity index (χ2n) is 4.80. The number of carboxylic acids is 1. The molecule has 2 rings (SSSR count). The number of nitrogens with zero attached hydrogens (tertiary/aromatic N) is 2. The number of hydrogen-bond donors (Lipinski definition) is 1. The van der Waals surface area contributed by atoms with Crippen LogP contribution in [0.4, 0.5) is 0 Å². The van der Waals surface area contributed by atoms with Gasteiger partial charge in [-0.1, -0.05) is 6.92 Å². The predicted molar refractivity (Wildman–Crippen MR) is 65.2 cm³/mol. The van der Waals surface area contributed by atoms with Gasteiger partial charge in [0.2, 0.25) is 0 Å². The predicted octanol–water partition coefficient (Wildman–Crippen LogP) is 1.33. The number of amides is 1. The molecule has 2 unspecified atom stereocenters. The van der Waals surface area contributed by atoms with Gasteiger partial charge in [0, 0.05) is 18.9 Å². The van der Waals surface area contributed by atoms with Gasteiger partial charge in [0.1, 0.15) is 6.04 Å². The van der Waals surface area contributed by atoms with Crippen LogP contribution in [0, 0.1) is 12.8 Å². The lowest BCUT2D eigenvalue weighted by atomic mass is 10.0. The Hall–Kier alpha value is -1.91. The highest BCUT2D eigenvalue weighted by molar-refractivity contribution is 5.96. The summed E-state index contributed by atoms with van der Waals surface area (Å²) in [7, 11) is 0. The minimum atomic E-state index is -0.936. The molecule has 1 amide bonds. The highest BCUT2D eigenvalue weighted by Gasteiger charge is 2.39. The Kier molecular flexibility index (Phi) is 3.32. The number of carboxylic acid groups (broad SMARTS) is 1. The highest BCUT2D eigenvalue weighted by Crippen LogP contribution is 2.25. The molecule has 0 aromatic carbocycles. The highest BCUT2D eigenvalue weighted by atomic mass is 16.4. The Labute approximate surface area is 105 Å². The summed E-state index contributed by atoms with van der Waals surface area (Å²) in [6.07, 6.45) is 3.87. The number of likely N-dealkylation sites (tertiary alicyclic amines) is 1. The Morgan fingerprint density at radius 1 is 1.44 bits per heavy atom. The first kappa shape index (κ1) is 12.5. The van der Waals surface area contributed by atoms with E-state index in [1.807, 2.05) is 13.8 Å². The van der Waals surface area contributed by atoms with Crippen molar-refractivity contribution in [1.29, 1.82) is 0 Å². The number of pyridine rings is 1. The molecule has 1 aliphatic rings. The summed E-state index contributed by atoms with van der Waals surface area (Å²) in [5.41, 5.74) is 1.34. The van der Waals surface area contributed by atoms with Gasteiger partial charge in [-0.05, 0) is 30.9 Å². The molecule has 2 heterocycles. The molecular formula is C13H16N2O3. The van der Waals surface area contributed by atoms with Gasteiger partial charge in [-0.15, -0.1) is 0 Å². The Morgan fingerprint density at radius 3 is 2.78 bits per heavy atom. The van der Waals surface area contributed by atoms with Gasteiger partial charge < -0.3 is 10.0 Å². The lowest BCUT2D eigenvalue weighted by Crippen LogP contribution is -2.42. The normalized spacial score (nSPS) is 23.1. The molecule has 0 aliphatic carbocycles. The van der Waals surface area contributed by atoms with E-state index in [0.717, 1.165) is 12.0 Å². The number of carbonyl (C=O) groups excluding carboxylic acids is 1. The molecule has 5 heteroatoms. The van der Waals surface area contributed by atoms with Crippen LogP contribution >= 0.6 is 0 Å². The maximum Gasteiger partial charge on any atom is 0.326 e. The second-order valence-corrected chi connectivity index (χ2v) is 4.80. The van der Waals surface area contributed by atoms with Crippen molar-refractivity contribution < 1.29 is 14.7 Å². The average Bonchev–Trinajstić information content (AvgIpc) is 2.70. The topological polar surface area (TPSA) is 70.5 Å². The minimum Gasteiger partial charge on any atom is -0.480 e. The van der Waals surface area contributed by atoms with Crippen LogP contribution < -0.4 is 0 Å². The fourth-order valence-electron chi connectivity index (χ4n) is 2.39. The fourth-order valence-corrected chi connectivity index (χ4v) is 2.39. The molecule has 2 atom stereocenters. The third-order valence-corrected chi connectivity index (χ3v) is 3.34. The molecule has 1 fully saturated rings. The van der Waals surface area contributed by atoms with E-state index in [-0.39, 0.29) is 11.8 Å². The van der Waals surface area contributed by atoms with Crippen molar-refractivity contribution in [3.63, 3.8) is 0 Å². The summed E-state index contributed by atoms with van der Waals surface area (Å²) in [4.78, 5) is 28.9. The van der Waals surface area contributed by atoms with E-state index < -0.39 is 12.0 Å². The third kappa shape index (κ3) is 2.20. The summed E-state index contributed by atoms with van der Waals surface area (Å²) < 4.78 is 0. The molecule has 0 bridgehead atoms. The largest absolute Gasteiger partial charge is 0.480 e.